The van der Waals surface area contributed by atoms with Gasteiger partial charge in [-0.25, -0.2) is 4.98 Å². The highest BCUT2D eigenvalue weighted by molar-refractivity contribution is 6.30. The van der Waals surface area contributed by atoms with Crippen LogP contribution in [0.5, 0.6) is 0 Å². The number of hydrogen-bond acceptors (Lipinski definition) is 4. The molecule has 3 heterocycles. The van der Waals surface area contributed by atoms with Gasteiger partial charge in [0.1, 0.15) is 0 Å². The molecule has 1 aliphatic rings. The van der Waals surface area contributed by atoms with Crippen molar-refractivity contribution in [1.29, 1.82) is 0 Å². The summed E-state index contributed by atoms with van der Waals surface area (Å²) in [6.45, 7) is 1.96. The maximum atomic E-state index is 13.2. The normalized spacial score (nSPS) is 15.5. The number of fused-ring (bicyclic) bond motifs is 3. The third-order valence-corrected chi connectivity index (χ3v) is 5.89. The fraction of sp³-hybridized carbons (Fsp3) is 0.333. The van der Waals surface area contributed by atoms with Crippen molar-refractivity contribution in [2.24, 2.45) is 0 Å². The molecule has 0 saturated heterocycles. The van der Waals surface area contributed by atoms with Crippen molar-refractivity contribution >= 4 is 28.3 Å². The van der Waals surface area contributed by atoms with Gasteiger partial charge in [-0.3, -0.25) is 9.36 Å². The molecular formula is C21H20ClN5O. The quantitative estimate of drug-likeness (QED) is 0.505. The molecule has 1 saturated carbocycles. The van der Waals surface area contributed by atoms with Crippen molar-refractivity contribution in [2.45, 2.75) is 44.9 Å². The largest absolute Gasteiger partial charge is 0.283 e. The summed E-state index contributed by atoms with van der Waals surface area (Å²) in [5.41, 5.74) is 2.31. The standard InChI is InChI=1S/C21H20ClN5O/c1-13-7-8-15(22)11-18(13)26-10-9-17-16(20(26)28)12-23-21-24-19(25-27(17)21)14-5-3-2-4-6-14/h7-12,14H,2-6H2,1H3. The van der Waals surface area contributed by atoms with Crippen molar-refractivity contribution in [3.8, 4) is 5.69 Å². The Kier molecular flexibility index (Phi) is 4.16. The molecule has 0 atom stereocenters. The summed E-state index contributed by atoms with van der Waals surface area (Å²) >= 11 is 6.14. The molecule has 0 amide bonds. The third kappa shape index (κ3) is 2.79. The molecule has 0 aliphatic heterocycles. The average molecular weight is 394 g/mol. The first-order valence-corrected chi connectivity index (χ1v) is 10.0. The molecule has 0 N–H and O–H groups in total. The number of pyridine rings is 1. The summed E-state index contributed by atoms with van der Waals surface area (Å²) in [5.74, 6) is 1.78. The zero-order chi connectivity index (χ0) is 19.3. The Labute approximate surface area is 166 Å². The molecule has 28 heavy (non-hydrogen) atoms. The predicted molar refractivity (Wildman–Crippen MR) is 109 cm³/mol. The van der Waals surface area contributed by atoms with Crippen molar-refractivity contribution in [3.63, 3.8) is 0 Å². The van der Waals surface area contributed by atoms with Gasteiger partial charge in [0.2, 0.25) is 0 Å². The summed E-state index contributed by atoms with van der Waals surface area (Å²) in [4.78, 5) is 22.2. The molecule has 1 fully saturated rings. The number of hydrogen-bond donors (Lipinski definition) is 0. The van der Waals surface area contributed by atoms with Crippen molar-refractivity contribution in [1.82, 2.24) is 24.1 Å². The average Bonchev–Trinajstić information content (AvgIpc) is 3.16. The lowest BCUT2D eigenvalue weighted by molar-refractivity contribution is 0.429. The summed E-state index contributed by atoms with van der Waals surface area (Å²) < 4.78 is 3.31. The Morgan fingerprint density at radius 3 is 2.79 bits per heavy atom. The molecule has 1 aromatic carbocycles. The number of rotatable bonds is 2. The van der Waals surface area contributed by atoms with E-state index in [4.69, 9.17) is 16.7 Å². The van der Waals surface area contributed by atoms with E-state index in [1.165, 1.54) is 19.3 Å². The topological polar surface area (TPSA) is 65.1 Å². The van der Waals surface area contributed by atoms with Gasteiger partial charge >= 0.3 is 0 Å². The molecule has 3 aromatic heterocycles. The Morgan fingerprint density at radius 2 is 1.96 bits per heavy atom. The summed E-state index contributed by atoms with van der Waals surface area (Å²) in [7, 11) is 0. The summed E-state index contributed by atoms with van der Waals surface area (Å²) in [6, 6.07) is 7.42. The number of nitrogens with zero attached hydrogens (tertiary/aromatic N) is 5. The van der Waals surface area contributed by atoms with Gasteiger partial charge in [-0.05, 0) is 43.5 Å². The second kappa shape index (κ2) is 6.71. The van der Waals surface area contributed by atoms with Crippen LogP contribution in [-0.4, -0.2) is 24.1 Å². The number of benzene rings is 1. The molecule has 0 bridgehead atoms. The SMILES string of the molecule is Cc1ccc(Cl)cc1-n1ccc2c(cnc3nc(C4CCCCC4)nn32)c1=O. The van der Waals surface area contributed by atoms with E-state index in [1.54, 1.807) is 27.5 Å². The van der Waals surface area contributed by atoms with Crippen LogP contribution in [0.4, 0.5) is 0 Å². The first kappa shape index (κ1) is 17.4. The fourth-order valence-electron chi connectivity index (χ4n) is 4.10. The highest BCUT2D eigenvalue weighted by Crippen LogP contribution is 2.31. The Balaban J connectivity index is 1.68. The fourth-order valence-corrected chi connectivity index (χ4v) is 4.27. The third-order valence-electron chi connectivity index (χ3n) is 5.65. The Bertz CT molecular complexity index is 1250. The van der Waals surface area contributed by atoms with Gasteiger partial charge in [-0.1, -0.05) is 36.9 Å². The molecule has 1 aliphatic carbocycles. The van der Waals surface area contributed by atoms with Crippen LogP contribution in [0.2, 0.25) is 5.02 Å². The van der Waals surface area contributed by atoms with Crippen molar-refractivity contribution in [3.05, 3.63) is 63.4 Å². The first-order valence-electron chi connectivity index (χ1n) is 9.65. The minimum Gasteiger partial charge on any atom is -0.283 e. The maximum Gasteiger partial charge on any atom is 0.266 e. The van der Waals surface area contributed by atoms with E-state index in [1.807, 2.05) is 25.1 Å². The lowest BCUT2D eigenvalue weighted by Crippen LogP contribution is -2.19. The van der Waals surface area contributed by atoms with Crippen LogP contribution in [-0.2, 0) is 0 Å². The van der Waals surface area contributed by atoms with Crippen LogP contribution in [0.15, 0.2) is 41.5 Å². The minimum absolute atomic E-state index is 0.146. The molecule has 5 rings (SSSR count). The second-order valence-electron chi connectivity index (χ2n) is 7.50. The highest BCUT2D eigenvalue weighted by Gasteiger charge is 2.21. The summed E-state index contributed by atoms with van der Waals surface area (Å²) in [5, 5.41) is 5.81. The molecule has 0 spiro atoms. The predicted octanol–water partition coefficient (Wildman–Crippen LogP) is 4.44. The second-order valence-corrected chi connectivity index (χ2v) is 7.93. The minimum atomic E-state index is -0.146. The van der Waals surface area contributed by atoms with Crippen molar-refractivity contribution in [2.75, 3.05) is 0 Å². The van der Waals surface area contributed by atoms with Gasteiger partial charge in [-0.15, -0.1) is 5.10 Å². The Morgan fingerprint density at radius 1 is 1.14 bits per heavy atom. The molecule has 142 valence electrons. The monoisotopic (exact) mass is 393 g/mol. The molecule has 0 unspecified atom stereocenters. The number of aromatic nitrogens is 5. The van der Waals surface area contributed by atoms with Crippen LogP contribution in [0.3, 0.4) is 0 Å². The number of halogens is 1. The van der Waals surface area contributed by atoms with E-state index < -0.39 is 0 Å². The van der Waals surface area contributed by atoms with Gasteiger partial charge in [-0.2, -0.15) is 9.50 Å². The van der Waals surface area contributed by atoms with Crippen LogP contribution in [0, 0.1) is 6.92 Å². The summed E-state index contributed by atoms with van der Waals surface area (Å²) in [6.07, 6.45) is 9.34. The van der Waals surface area contributed by atoms with Gasteiger partial charge in [0.25, 0.3) is 11.3 Å². The molecule has 7 heteroatoms. The maximum absolute atomic E-state index is 13.2. The molecule has 4 aromatic rings. The van der Waals surface area contributed by atoms with E-state index >= 15 is 0 Å². The number of aryl methyl sites for hydroxylation is 1. The van der Waals surface area contributed by atoms with Gasteiger partial charge in [0.15, 0.2) is 5.82 Å². The van der Waals surface area contributed by atoms with E-state index in [2.05, 4.69) is 9.97 Å². The van der Waals surface area contributed by atoms with E-state index in [-0.39, 0.29) is 5.56 Å². The van der Waals surface area contributed by atoms with Gasteiger partial charge in [0.05, 0.1) is 16.6 Å². The first-order chi connectivity index (χ1) is 13.6. The van der Waals surface area contributed by atoms with Gasteiger partial charge < -0.3 is 0 Å². The Hall–Kier alpha value is -2.73. The zero-order valence-electron chi connectivity index (χ0n) is 15.6. The van der Waals surface area contributed by atoms with E-state index in [0.29, 0.717) is 22.1 Å². The lowest BCUT2D eigenvalue weighted by atomic mass is 9.89. The van der Waals surface area contributed by atoms with Crippen molar-refractivity contribution < 1.29 is 0 Å². The highest BCUT2D eigenvalue weighted by atomic mass is 35.5. The van der Waals surface area contributed by atoms with Crippen LogP contribution in [0.1, 0.15) is 49.4 Å². The van der Waals surface area contributed by atoms with Gasteiger partial charge in [0, 0.05) is 23.3 Å². The molecule has 0 radical (unpaired) electrons. The lowest BCUT2D eigenvalue weighted by Gasteiger charge is -2.17. The van der Waals surface area contributed by atoms with E-state index in [9.17, 15) is 4.79 Å². The van der Waals surface area contributed by atoms with Crippen LogP contribution >= 0.6 is 11.6 Å². The smallest absolute Gasteiger partial charge is 0.266 e. The molecule has 6 nitrogen and oxygen atoms in total. The zero-order valence-corrected chi connectivity index (χ0v) is 16.4. The molecular weight excluding hydrogens is 374 g/mol. The van der Waals surface area contributed by atoms with E-state index in [0.717, 1.165) is 35.4 Å². The van der Waals surface area contributed by atoms with Crippen LogP contribution < -0.4 is 5.56 Å². The van der Waals surface area contributed by atoms with Crippen LogP contribution in [0.25, 0.3) is 22.4 Å².